The lowest BCUT2D eigenvalue weighted by Gasteiger charge is -1.97. The quantitative estimate of drug-likeness (QED) is 0.486. The summed E-state index contributed by atoms with van der Waals surface area (Å²) in [6, 6.07) is 8.34. The summed E-state index contributed by atoms with van der Waals surface area (Å²) >= 11 is 1.34. The summed E-state index contributed by atoms with van der Waals surface area (Å²) in [4.78, 5) is 14.7. The summed E-state index contributed by atoms with van der Waals surface area (Å²) in [5, 5.41) is 22.5. The summed E-state index contributed by atoms with van der Waals surface area (Å²) in [5.41, 5.74) is 1.52. The maximum atomic E-state index is 10.9. The van der Waals surface area contributed by atoms with Crippen molar-refractivity contribution in [2.75, 3.05) is 0 Å². The van der Waals surface area contributed by atoms with Crippen LogP contribution in [0.2, 0.25) is 0 Å². The number of benzene rings is 1. The molecule has 0 saturated carbocycles. The average Bonchev–Trinajstić information content (AvgIpc) is 2.82. The molecule has 0 unspecified atom stereocenters. The minimum atomic E-state index is -0.464. The van der Waals surface area contributed by atoms with Gasteiger partial charge in [-0.25, -0.2) is 4.98 Å². The average molecular weight is 271 g/mol. The maximum Gasteiger partial charge on any atom is 0.276 e. The molecule has 0 aliphatic rings. The molecule has 0 radical (unpaired) electrons. The van der Waals surface area contributed by atoms with E-state index in [2.05, 4.69) is 4.98 Å². The molecular weight excluding hydrogens is 262 g/mol. The van der Waals surface area contributed by atoms with E-state index in [1.807, 2.05) is 18.4 Å². The van der Waals surface area contributed by atoms with Gasteiger partial charge in [0, 0.05) is 17.1 Å². The number of aryl methyl sites for hydroxylation is 1. The highest BCUT2D eigenvalue weighted by Crippen LogP contribution is 2.25. The minimum Gasteiger partial charge on any atom is -0.258 e. The number of hydrogen-bond donors (Lipinski definition) is 0. The van der Waals surface area contributed by atoms with Gasteiger partial charge in [-0.15, -0.1) is 11.3 Å². The van der Waals surface area contributed by atoms with E-state index in [0.29, 0.717) is 16.1 Å². The largest absolute Gasteiger partial charge is 0.276 e. The molecule has 0 saturated heterocycles. The molecule has 94 valence electrons. The van der Waals surface area contributed by atoms with E-state index in [4.69, 9.17) is 5.26 Å². The van der Waals surface area contributed by atoms with Crippen molar-refractivity contribution in [1.29, 1.82) is 5.26 Å². The van der Waals surface area contributed by atoms with Crippen LogP contribution in [0, 0.1) is 28.4 Å². The first kappa shape index (κ1) is 12.9. The summed E-state index contributed by atoms with van der Waals surface area (Å²) < 4.78 is 0. The van der Waals surface area contributed by atoms with E-state index in [9.17, 15) is 10.1 Å². The van der Waals surface area contributed by atoms with Crippen LogP contribution in [0.4, 0.5) is 5.69 Å². The lowest BCUT2D eigenvalue weighted by Crippen LogP contribution is -1.91. The van der Waals surface area contributed by atoms with Crippen LogP contribution in [-0.4, -0.2) is 9.91 Å². The second-order valence-electron chi connectivity index (χ2n) is 3.78. The van der Waals surface area contributed by atoms with Crippen molar-refractivity contribution >= 4 is 28.7 Å². The van der Waals surface area contributed by atoms with Crippen LogP contribution in [0.3, 0.4) is 0 Å². The summed E-state index contributed by atoms with van der Waals surface area (Å²) in [5.74, 6) is 0. The number of allylic oxidation sites excluding steroid dienone is 1. The fourth-order valence-electron chi connectivity index (χ4n) is 1.55. The Balaban J connectivity index is 2.50. The molecule has 19 heavy (non-hydrogen) atoms. The van der Waals surface area contributed by atoms with Gasteiger partial charge in [0.25, 0.3) is 5.69 Å². The van der Waals surface area contributed by atoms with Gasteiger partial charge >= 0.3 is 0 Å². The Labute approximate surface area is 113 Å². The van der Waals surface area contributed by atoms with Gasteiger partial charge in [0.05, 0.1) is 16.1 Å². The van der Waals surface area contributed by atoms with E-state index in [0.717, 1.165) is 5.69 Å². The van der Waals surface area contributed by atoms with E-state index in [1.54, 1.807) is 18.2 Å². The smallest absolute Gasteiger partial charge is 0.258 e. The number of nitrogens with zero attached hydrogens (tertiary/aromatic N) is 3. The minimum absolute atomic E-state index is 0.0245. The Kier molecular flexibility index (Phi) is 3.68. The zero-order valence-corrected chi connectivity index (χ0v) is 10.8. The second kappa shape index (κ2) is 5.42. The van der Waals surface area contributed by atoms with Gasteiger partial charge in [-0.3, -0.25) is 10.1 Å². The Morgan fingerprint density at radius 2 is 2.26 bits per heavy atom. The van der Waals surface area contributed by atoms with Crippen LogP contribution in [0.25, 0.3) is 11.6 Å². The molecule has 1 aromatic carbocycles. The van der Waals surface area contributed by atoms with E-state index >= 15 is 0 Å². The van der Waals surface area contributed by atoms with Gasteiger partial charge in [0.1, 0.15) is 11.1 Å². The van der Waals surface area contributed by atoms with Crippen LogP contribution in [-0.2, 0) is 0 Å². The van der Waals surface area contributed by atoms with Crippen LogP contribution in [0.15, 0.2) is 29.6 Å². The molecule has 0 amide bonds. The van der Waals surface area contributed by atoms with Crippen molar-refractivity contribution in [3.05, 3.63) is 56.0 Å². The second-order valence-corrected chi connectivity index (χ2v) is 4.64. The number of nitriles is 1. The molecule has 0 bridgehead atoms. The molecule has 1 aromatic heterocycles. The monoisotopic (exact) mass is 271 g/mol. The van der Waals surface area contributed by atoms with Crippen molar-refractivity contribution in [3.8, 4) is 6.07 Å². The van der Waals surface area contributed by atoms with Gasteiger partial charge in [0.15, 0.2) is 0 Å². The molecule has 0 atom stereocenters. The van der Waals surface area contributed by atoms with Crippen LogP contribution < -0.4 is 0 Å². The van der Waals surface area contributed by atoms with Gasteiger partial charge in [-0.1, -0.05) is 12.1 Å². The highest BCUT2D eigenvalue weighted by molar-refractivity contribution is 7.11. The fourth-order valence-corrected chi connectivity index (χ4v) is 2.31. The third-order valence-corrected chi connectivity index (χ3v) is 3.40. The van der Waals surface area contributed by atoms with Crippen molar-refractivity contribution in [1.82, 2.24) is 4.98 Å². The van der Waals surface area contributed by atoms with Crippen molar-refractivity contribution in [3.63, 3.8) is 0 Å². The first-order chi connectivity index (χ1) is 9.11. The standard InChI is InChI=1S/C13H9N3O2S/c1-9-8-19-13(15-9)11(7-14)6-10-4-2-3-5-12(10)16(17)18/h2-6,8H,1H3/b11-6-. The number of thiazole rings is 1. The van der Waals surface area contributed by atoms with Gasteiger partial charge < -0.3 is 0 Å². The van der Waals surface area contributed by atoms with Gasteiger partial charge in [0.2, 0.25) is 0 Å². The molecule has 6 heteroatoms. The molecule has 0 aliphatic heterocycles. The molecule has 1 heterocycles. The normalized spacial score (nSPS) is 11.1. The Morgan fingerprint density at radius 1 is 1.53 bits per heavy atom. The fraction of sp³-hybridized carbons (Fsp3) is 0.0769. The molecule has 2 rings (SSSR count). The number of para-hydroxylation sites is 1. The predicted molar refractivity (Wildman–Crippen MR) is 73.4 cm³/mol. The number of hydrogen-bond acceptors (Lipinski definition) is 5. The van der Waals surface area contributed by atoms with Crippen LogP contribution in [0.1, 0.15) is 16.3 Å². The lowest BCUT2D eigenvalue weighted by molar-refractivity contribution is -0.385. The molecular formula is C13H9N3O2S. The molecule has 0 N–H and O–H groups in total. The highest BCUT2D eigenvalue weighted by atomic mass is 32.1. The molecule has 0 aliphatic carbocycles. The topological polar surface area (TPSA) is 79.8 Å². The van der Waals surface area contributed by atoms with Gasteiger partial charge in [-0.05, 0) is 19.1 Å². The number of rotatable bonds is 3. The summed E-state index contributed by atoms with van der Waals surface area (Å²) in [6.07, 6.45) is 1.50. The van der Waals surface area contributed by atoms with Crippen molar-refractivity contribution in [2.24, 2.45) is 0 Å². The SMILES string of the molecule is Cc1csc(/C(C#N)=C\c2ccccc2[N+](=O)[O-])n1. The summed E-state index contributed by atoms with van der Waals surface area (Å²) in [7, 11) is 0. The van der Waals surface area contributed by atoms with Gasteiger partial charge in [-0.2, -0.15) is 5.26 Å². The van der Waals surface area contributed by atoms with Crippen LogP contribution >= 0.6 is 11.3 Å². The number of nitro groups is 1. The molecule has 5 nitrogen and oxygen atoms in total. The zero-order chi connectivity index (χ0) is 13.8. The van der Waals surface area contributed by atoms with Crippen LogP contribution in [0.5, 0.6) is 0 Å². The highest BCUT2D eigenvalue weighted by Gasteiger charge is 2.13. The molecule has 0 fully saturated rings. The Hall–Kier alpha value is -2.52. The van der Waals surface area contributed by atoms with E-state index < -0.39 is 4.92 Å². The first-order valence-corrected chi connectivity index (χ1v) is 6.27. The molecule has 0 spiro atoms. The zero-order valence-electron chi connectivity index (χ0n) is 10.0. The number of nitro benzene ring substituents is 1. The Morgan fingerprint density at radius 3 is 2.84 bits per heavy atom. The third-order valence-electron chi connectivity index (χ3n) is 2.40. The third kappa shape index (κ3) is 2.84. The van der Waals surface area contributed by atoms with Crippen molar-refractivity contribution in [2.45, 2.75) is 6.92 Å². The Bertz CT molecular complexity index is 698. The lowest BCUT2D eigenvalue weighted by atomic mass is 10.1. The van der Waals surface area contributed by atoms with Crippen molar-refractivity contribution < 1.29 is 4.92 Å². The van der Waals surface area contributed by atoms with E-state index in [-0.39, 0.29) is 5.69 Å². The first-order valence-electron chi connectivity index (χ1n) is 5.39. The predicted octanol–water partition coefficient (Wildman–Crippen LogP) is 3.42. The van der Waals surface area contributed by atoms with E-state index in [1.165, 1.54) is 23.5 Å². The summed E-state index contributed by atoms with van der Waals surface area (Å²) in [6.45, 7) is 1.83. The number of aromatic nitrogens is 1. The molecule has 2 aromatic rings. The maximum absolute atomic E-state index is 10.9.